The van der Waals surface area contributed by atoms with Crippen LogP contribution in [0.2, 0.25) is 0 Å². The van der Waals surface area contributed by atoms with Crippen LogP contribution in [0.4, 0.5) is 17.1 Å². The van der Waals surface area contributed by atoms with Crippen LogP contribution in [0, 0.1) is 10.1 Å². The highest BCUT2D eigenvalue weighted by molar-refractivity contribution is 6.23. The van der Waals surface area contributed by atoms with E-state index < -0.39 is 11.0 Å². The normalized spacial score (nSPS) is 17.2. The summed E-state index contributed by atoms with van der Waals surface area (Å²) in [4.78, 5) is 38.0. The van der Waals surface area contributed by atoms with E-state index in [1.807, 2.05) is 30.3 Å². The smallest absolute Gasteiger partial charge is 0.269 e. The van der Waals surface area contributed by atoms with Crippen molar-refractivity contribution < 1.29 is 14.5 Å². The molecule has 0 bridgehead atoms. The Morgan fingerprint density at radius 1 is 1.08 bits per heavy atom. The van der Waals surface area contributed by atoms with E-state index in [0.29, 0.717) is 5.69 Å². The van der Waals surface area contributed by atoms with Crippen LogP contribution >= 0.6 is 0 Å². The first kappa shape index (κ1) is 15.7. The molecule has 1 atom stereocenters. The second-order valence-corrected chi connectivity index (χ2v) is 5.51. The number of non-ortho nitro benzene ring substituents is 1. The van der Waals surface area contributed by atoms with E-state index in [4.69, 9.17) is 0 Å². The van der Waals surface area contributed by atoms with Gasteiger partial charge in [0, 0.05) is 24.9 Å². The number of carbonyl (C=O) groups is 2. The summed E-state index contributed by atoms with van der Waals surface area (Å²) in [6.07, 6.45) is 0.0706. The van der Waals surface area contributed by atoms with E-state index in [0.717, 1.165) is 10.6 Å². The van der Waals surface area contributed by atoms with Gasteiger partial charge in [0.1, 0.15) is 6.04 Å². The Morgan fingerprint density at radius 2 is 1.71 bits per heavy atom. The minimum atomic E-state index is -0.588. The summed E-state index contributed by atoms with van der Waals surface area (Å²) in [5.41, 5.74) is 1.10. The van der Waals surface area contributed by atoms with Gasteiger partial charge in [0.2, 0.25) is 5.91 Å². The number of amides is 2. The summed E-state index contributed by atoms with van der Waals surface area (Å²) in [5, 5.41) is 10.7. The maximum atomic E-state index is 12.7. The van der Waals surface area contributed by atoms with E-state index in [1.54, 1.807) is 11.9 Å². The van der Waals surface area contributed by atoms with Crippen molar-refractivity contribution in [3.8, 4) is 0 Å². The van der Waals surface area contributed by atoms with Crippen molar-refractivity contribution in [2.75, 3.05) is 16.8 Å². The van der Waals surface area contributed by atoms with Crippen molar-refractivity contribution in [1.29, 1.82) is 0 Å². The van der Waals surface area contributed by atoms with Gasteiger partial charge >= 0.3 is 0 Å². The fraction of sp³-hybridized carbons (Fsp3) is 0.176. The third-order valence-electron chi connectivity index (χ3n) is 4.07. The first-order valence-corrected chi connectivity index (χ1v) is 7.38. The lowest BCUT2D eigenvalue weighted by atomic mass is 10.2. The molecule has 122 valence electrons. The van der Waals surface area contributed by atoms with E-state index in [1.165, 1.54) is 24.3 Å². The summed E-state index contributed by atoms with van der Waals surface area (Å²) in [6, 6.07) is 14.1. The number of hydrogen-bond acceptors (Lipinski definition) is 5. The number of hydrogen-bond donors (Lipinski definition) is 0. The third kappa shape index (κ3) is 2.71. The summed E-state index contributed by atoms with van der Waals surface area (Å²) in [7, 11) is 1.77. The number of para-hydroxylation sites is 1. The van der Waals surface area contributed by atoms with E-state index in [-0.39, 0.29) is 23.9 Å². The van der Waals surface area contributed by atoms with Gasteiger partial charge in [-0.1, -0.05) is 18.2 Å². The Balaban J connectivity index is 1.85. The van der Waals surface area contributed by atoms with Crippen LogP contribution in [-0.2, 0) is 9.59 Å². The maximum Gasteiger partial charge on any atom is 0.269 e. The molecule has 0 aromatic heterocycles. The first-order valence-electron chi connectivity index (χ1n) is 7.38. The predicted octanol–water partition coefficient (Wildman–Crippen LogP) is 2.36. The molecule has 7 nitrogen and oxygen atoms in total. The standard InChI is InChI=1S/C17H15N3O4/c1-18(12-5-3-2-4-6-12)15-11-16(21)19(17(15)22)13-7-9-14(10-8-13)20(23)24/h2-10,15H,11H2,1H3/t15-/m0/s1. The van der Waals surface area contributed by atoms with Gasteiger partial charge in [0.25, 0.3) is 11.6 Å². The number of likely N-dealkylation sites (N-methyl/N-ethyl adjacent to an activating group) is 1. The Labute approximate surface area is 138 Å². The van der Waals surface area contributed by atoms with Gasteiger partial charge in [0.15, 0.2) is 0 Å². The van der Waals surface area contributed by atoms with E-state index >= 15 is 0 Å². The molecule has 7 heteroatoms. The lowest BCUT2D eigenvalue weighted by Crippen LogP contribution is -2.40. The Kier molecular flexibility index (Phi) is 3.99. The molecule has 2 aromatic carbocycles. The minimum Gasteiger partial charge on any atom is -0.362 e. The number of benzene rings is 2. The topological polar surface area (TPSA) is 83.8 Å². The number of rotatable bonds is 4. The zero-order valence-corrected chi connectivity index (χ0v) is 13.0. The third-order valence-corrected chi connectivity index (χ3v) is 4.07. The zero-order chi connectivity index (χ0) is 17.3. The van der Waals surface area contributed by atoms with Gasteiger partial charge in [-0.25, -0.2) is 4.90 Å². The number of nitro benzene ring substituents is 1. The molecule has 0 N–H and O–H groups in total. The predicted molar refractivity (Wildman–Crippen MR) is 88.8 cm³/mol. The average molecular weight is 325 g/mol. The Hall–Kier alpha value is -3.22. The molecule has 0 unspecified atom stereocenters. The molecule has 0 radical (unpaired) electrons. The van der Waals surface area contributed by atoms with Crippen LogP contribution in [0.1, 0.15) is 6.42 Å². The van der Waals surface area contributed by atoms with Crippen LogP contribution in [0.5, 0.6) is 0 Å². The van der Waals surface area contributed by atoms with Crippen LogP contribution in [0.3, 0.4) is 0 Å². The Morgan fingerprint density at radius 3 is 2.29 bits per heavy atom. The molecule has 1 saturated heterocycles. The highest BCUT2D eigenvalue weighted by Gasteiger charge is 2.41. The first-order chi connectivity index (χ1) is 11.5. The van der Waals surface area contributed by atoms with E-state index in [9.17, 15) is 19.7 Å². The summed E-state index contributed by atoms with van der Waals surface area (Å²) in [5.74, 6) is -0.651. The quantitative estimate of drug-likeness (QED) is 0.489. The molecule has 2 amide bonds. The van der Waals surface area contributed by atoms with Gasteiger partial charge < -0.3 is 4.90 Å². The molecule has 24 heavy (non-hydrogen) atoms. The maximum absolute atomic E-state index is 12.7. The van der Waals surface area contributed by atoms with Crippen LogP contribution in [0.15, 0.2) is 54.6 Å². The highest BCUT2D eigenvalue weighted by Crippen LogP contribution is 2.28. The lowest BCUT2D eigenvalue weighted by molar-refractivity contribution is -0.384. The summed E-state index contributed by atoms with van der Waals surface area (Å²) < 4.78 is 0. The largest absolute Gasteiger partial charge is 0.362 e. The average Bonchev–Trinajstić information content (AvgIpc) is 2.89. The monoisotopic (exact) mass is 325 g/mol. The number of nitrogens with zero attached hydrogens (tertiary/aromatic N) is 3. The minimum absolute atomic E-state index is 0.0706. The highest BCUT2D eigenvalue weighted by atomic mass is 16.6. The molecule has 0 spiro atoms. The molecule has 3 rings (SSSR count). The van der Waals surface area contributed by atoms with Crippen molar-refractivity contribution in [3.05, 3.63) is 64.7 Å². The van der Waals surface area contributed by atoms with Gasteiger partial charge in [-0.05, 0) is 24.3 Å². The second-order valence-electron chi connectivity index (χ2n) is 5.51. The molecule has 1 aliphatic rings. The number of carbonyl (C=O) groups excluding carboxylic acids is 2. The van der Waals surface area contributed by atoms with Gasteiger partial charge in [-0.3, -0.25) is 19.7 Å². The molecule has 2 aromatic rings. The number of imide groups is 1. The molecule has 1 aliphatic heterocycles. The molecular weight excluding hydrogens is 310 g/mol. The van der Waals surface area contributed by atoms with Gasteiger partial charge in [-0.2, -0.15) is 0 Å². The molecule has 1 heterocycles. The van der Waals surface area contributed by atoms with Gasteiger partial charge in [-0.15, -0.1) is 0 Å². The van der Waals surface area contributed by atoms with Crippen molar-refractivity contribution in [2.24, 2.45) is 0 Å². The second kappa shape index (κ2) is 6.11. The number of nitro groups is 1. The van der Waals surface area contributed by atoms with Crippen LogP contribution < -0.4 is 9.80 Å². The van der Waals surface area contributed by atoms with Gasteiger partial charge in [0.05, 0.1) is 17.0 Å². The zero-order valence-electron chi connectivity index (χ0n) is 13.0. The van der Waals surface area contributed by atoms with Crippen molar-refractivity contribution in [3.63, 3.8) is 0 Å². The lowest BCUT2D eigenvalue weighted by Gasteiger charge is -2.25. The van der Waals surface area contributed by atoms with Crippen molar-refractivity contribution in [2.45, 2.75) is 12.5 Å². The SMILES string of the molecule is CN(c1ccccc1)[C@H]1CC(=O)N(c2ccc([N+](=O)[O-])cc2)C1=O. The fourth-order valence-corrected chi connectivity index (χ4v) is 2.76. The van der Waals surface area contributed by atoms with Crippen LogP contribution in [0.25, 0.3) is 0 Å². The van der Waals surface area contributed by atoms with Crippen molar-refractivity contribution >= 4 is 28.9 Å². The summed E-state index contributed by atoms with van der Waals surface area (Å²) in [6.45, 7) is 0. The molecular formula is C17H15N3O4. The van der Waals surface area contributed by atoms with Crippen molar-refractivity contribution in [1.82, 2.24) is 0 Å². The molecule has 1 fully saturated rings. The molecule has 0 aliphatic carbocycles. The van der Waals surface area contributed by atoms with E-state index in [2.05, 4.69) is 0 Å². The number of anilines is 2. The summed E-state index contributed by atoms with van der Waals surface area (Å²) >= 11 is 0. The fourth-order valence-electron chi connectivity index (χ4n) is 2.76. The Bertz CT molecular complexity index is 789. The van der Waals surface area contributed by atoms with Crippen LogP contribution in [-0.4, -0.2) is 29.8 Å². The molecule has 0 saturated carbocycles.